The Morgan fingerprint density at radius 3 is 2.09 bits per heavy atom. The Hall–Kier alpha value is -2.16. The third-order valence-electron chi connectivity index (χ3n) is 2.82. The van der Waals surface area contributed by atoms with E-state index in [2.05, 4.69) is 4.72 Å². The first-order valence-electron chi connectivity index (χ1n) is 6.59. The van der Waals surface area contributed by atoms with Gasteiger partial charge in [0.05, 0.1) is 11.2 Å². The maximum atomic E-state index is 12.0. The van der Waals surface area contributed by atoms with E-state index in [0.29, 0.717) is 11.3 Å². The highest BCUT2D eigenvalue weighted by atomic mass is 32.2. The minimum Gasteiger partial charge on any atom is -0.280 e. The summed E-state index contributed by atoms with van der Waals surface area (Å²) in [6, 6.07) is 15.0. The number of benzene rings is 2. The molecule has 0 saturated heterocycles. The number of hydrogen-bond acceptors (Lipinski definition) is 4. The molecule has 0 aliphatic heterocycles. The summed E-state index contributed by atoms with van der Waals surface area (Å²) in [5, 5.41) is 6.02. The smallest absolute Gasteiger partial charge is 0.255 e. The Bertz CT molecular complexity index is 888. The molecule has 0 aromatic heterocycles. The fourth-order valence-electron chi connectivity index (χ4n) is 1.83. The number of nitrogens with two attached hydrogens (primary N) is 1. The van der Waals surface area contributed by atoms with Gasteiger partial charge in [-0.1, -0.05) is 42.5 Å². The maximum absolute atomic E-state index is 12.0. The van der Waals surface area contributed by atoms with E-state index in [-0.39, 0.29) is 5.75 Å². The highest BCUT2D eigenvalue weighted by molar-refractivity contribution is 7.95. The molecule has 0 aliphatic rings. The summed E-state index contributed by atoms with van der Waals surface area (Å²) in [6.07, 6.45) is 1.48. The lowest BCUT2D eigenvalue weighted by molar-refractivity contribution is 0.596. The molecule has 0 spiro atoms. The molecular weight excluding hydrogens is 336 g/mol. The van der Waals surface area contributed by atoms with Gasteiger partial charge < -0.3 is 0 Å². The number of anilines is 1. The second kappa shape index (κ2) is 6.95. The molecule has 0 atom stereocenters. The van der Waals surface area contributed by atoms with Crippen LogP contribution in [-0.4, -0.2) is 16.8 Å². The minimum atomic E-state index is -3.65. The quantitative estimate of drug-likeness (QED) is 0.828. The van der Waals surface area contributed by atoms with E-state index in [1.807, 2.05) is 18.2 Å². The van der Waals surface area contributed by atoms with Crippen LogP contribution in [-0.2, 0) is 25.8 Å². The van der Waals surface area contributed by atoms with Crippen LogP contribution in [0.3, 0.4) is 0 Å². The number of nitrogens with one attached hydrogen (secondary N) is 1. The van der Waals surface area contributed by atoms with Crippen molar-refractivity contribution < 1.29 is 16.8 Å². The average Bonchev–Trinajstić information content (AvgIpc) is 2.47. The van der Waals surface area contributed by atoms with Crippen LogP contribution in [0.4, 0.5) is 5.69 Å². The molecule has 3 N–H and O–H groups in total. The van der Waals surface area contributed by atoms with Crippen LogP contribution in [0.2, 0.25) is 0 Å². The van der Waals surface area contributed by atoms with Gasteiger partial charge in [-0.25, -0.2) is 22.0 Å². The zero-order chi connectivity index (χ0) is 16.9. The first-order chi connectivity index (χ1) is 10.7. The molecule has 0 bridgehead atoms. The number of primary sulfonamides is 1. The largest absolute Gasteiger partial charge is 0.280 e. The van der Waals surface area contributed by atoms with Gasteiger partial charge in [-0.05, 0) is 29.3 Å². The lowest BCUT2D eigenvalue weighted by Crippen LogP contribution is -2.14. The van der Waals surface area contributed by atoms with E-state index < -0.39 is 20.0 Å². The summed E-state index contributed by atoms with van der Waals surface area (Å²) in [7, 11) is -7.27. The SMILES string of the molecule is NS(=O)(=O)Cc1ccc(NS(=O)(=O)C=Cc2ccccc2)cc1. The molecule has 23 heavy (non-hydrogen) atoms. The Morgan fingerprint density at radius 1 is 0.913 bits per heavy atom. The molecule has 2 rings (SSSR count). The van der Waals surface area contributed by atoms with Crippen molar-refractivity contribution in [2.24, 2.45) is 5.14 Å². The van der Waals surface area contributed by atoms with E-state index in [4.69, 9.17) is 5.14 Å². The molecule has 0 amide bonds. The van der Waals surface area contributed by atoms with Crippen LogP contribution >= 0.6 is 0 Å². The predicted octanol–water partition coefficient (Wildman–Crippen LogP) is 1.89. The zero-order valence-corrected chi connectivity index (χ0v) is 13.7. The Labute approximate surface area is 135 Å². The fourth-order valence-corrected chi connectivity index (χ4v) is 3.36. The van der Waals surface area contributed by atoms with Crippen molar-refractivity contribution in [2.75, 3.05) is 4.72 Å². The van der Waals surface area contributed by atoms with Gasteiger partial charge in [0, 0.05) is 5.69 Å². The number of hydrogen-bond donors (Lipinski definition) is 2. The molecule has 2 aromatic rings. The lowest BCUT2D eigenvalue weighted by Gasteiger charge is -2.05. The standard InChI is InChI=1S/C15H16N2O4S2/c16-22(18,19)12-14-6-8-15(9-7-14)17-23(20,21)11-10-13-4-2-1-3-5-13/h1-11,17H,12H2,(H2,16,18,19). The first kappa shape index (κ1) is 17.2. The maximum Gasteiger partial charge on any atom is 0.255 e. The second-order valence-corrected chi connectivity index (χ2v) is 8.05. The topological polar surface area (TPSA) is 106 Å². The van der Waals surface area contributed by atoms with Crippen LogP contribution in [0, 0.1) is 0 Å². The van der Waals surface area contributed by atoms with Crippen LogP contribution in [0.15, 0.2) is 60.0 Å². The van der Waals surface area contributed by atoms with Crippen molar-refractivity contribution in [1.29, 1.82) is 0 Å². The summed E-state index contributed by atoms with van der Waals surface area (Å²) in [5.74, 6) is -0.298. The van der Waals surface area contributed by atoms with Gasteiger partial charge in [-0.15, -0.1) is 0 Å². The summed E-state index contributed by atoms with van der Waals surface area (Å²) < 4.78 is 48.3. The van der Waals surface area contributed by atoms with Crippen LogP contribution in [0.25, 0.3) is 6.08 Å². The van der Waals surface area contributed by atoms with Crippen molar-refractivity contribution in [3.63, 3.8) is 0 Å². The van der Waals surface area contributed by atoms with Crippen LogP contribution in [0.5, 0.6) is 0 Å². The van der Waals surface area contributed by atoms with Gasteiger partial charge in [0.2, 0.25) is 10.0 Å². The third kappa shape index (κ3) is 6.23. The summed E-state index contributed by atoms with van der Waals surface area (Å²) in [4.78, 5) is 0. The fraction of sp³-hybridized carbons (Fsp3) is 0.0667. The van der Waals surface area contributed by atoms with Gasteiger partial charge >= 0.3 is 0 Å². The Morgan fingerprint density at radius 2 is 1.52 bits per heavy atom. The van der Waals surface area contributed by atoms with Gasteiger partial charge in [-0.3, -0.25) is 4.72 Å². The highest BCUT2D eigenvalue weighted by Crippen LogP contribution is 2.14. The van der Waals surface area contributed by atoms with Gasteiger partial charge in [0.25, 0.3) is 10.0 Å². The average molecular weight is 352 g/mol. The van der Waals surface area contributed by atoms with Crippen LogP contribution < -0.4 is 9.86 Å². The van der Waals surface area contributed by atoms with Gasteiger partial charge in [0.1, 0.15) is 0 Å². The highest BCUT2D eigenvalue weighted by Gasteiger charge is 2.08. The number of rotatable bonds is 6. The molecule has 0 unspecified atom stereocenters. The van der Waals surface area contributed by atoms with Crippen molar-refractivity contribution in [1.82, 2.24) is 0 Å². The normalized spacial score (nSPS) is 12.4. The van der Waals surface area contributed by atoms with Crippen molar-refractivity contribution in [2.45, 2.75) is 5.75 Å². The number of sulfonamides is 2. The molecule has 0 aliphatic carbocycles. The molecule has 0 fully saturated rings. The molecule has 0 saturated carbocycles. The molecule has 8 heteroatoms. The van der Waals surface area contributed by atoms with Crippen molar-refractivity contribution in [3.05, 3.63) is 71.1 Å². The van der Waals surface area contributed by atoms with Crippen molar-refractivity contribution in [3.8, 4) is 0 Å². The second-order valence-electron chi connectivity index (χ2n) is 4.86. The van der Waals surface area contributed by atoms with E-state index in [1.54, 1.807) is 12.1 Å². The predicted molar refractivity (Wildman–Crippen MR) is 91.3 cm³/mol. The summed E-state index contributed by atoms with van der Waals surface area (Å²) in [6.45, 7) is 0. The third-order valence-corrected chi connectivity index (χ3v) is 4.57. The Kier molecular flexibility index (Phi) is 5.19. The zero-order valence-electron chi connectivity index (χ0n) is 12.1. The van der Waals surface area contributed by atoms with E-state index in [0.717, 1.165) is 11.0 Å². The van der Waals surface area contributed by atoms with E-state index in [1.165, 1.54) is 30.3 Å². The monoisotopic (exact) mass is 352 g/mol. The molecule has 6 nitrogen and oxygen atoms in total. The van der Waals surface area contributed by atoms with E-state index in [9.17, 15) is 16.8 Å². The van der Waals surface area contributed by atoms with Gasteiger partial charge in [0.15, 0.2) is 0 Å². The summed E-state index contributed by atoms with van der Waals surface area (Å²) in [5.41, 5.74) is 1.58. The lowest BCUT2D eigenvalue weighted by atomic mass is 10.2. The molecule has 122 valence electrons. The van der Waals surface area contributed by atoms with Crippen LogP contribution in [0.1, 0.15) is 11.1 Å². The Balaban J connectivity index is 2.07. The van der Waals surface area contributed by atoms with Crippen molar-refractivity contribution >= 4 is 31.8 Å². The minimum absolute atomic E-state index is 0.298. The molecule has 0 heterocycles. The van der Waals surface area contributed by atoms with E-state index >= 15 is 0 Å². The molecule has 2 aromatic carbocycles. The molecule has 0 radical (unpaired) electrons. The van der Waals surface area contributed by atoms with Gasteiger partial charge in [-0.2, -0.15) is 0 Å². The summed E-state index contributed by atoms with van der Waals surface area (Å²) >= 11 is 0. The molecular formula is C15H16N2O4S2. The first-order valence-corrected chi connectivity index (χ1v) is 9.85.